The van der Waals surface area contributed by atoms with E-state index < -0.39 is 0 Å². The van der Waals surface area contributed by atoms with Gasteiger partial charge in [0.2, 0.25) is 0 Å². The third-order valence-electron chi connectivity index (χ3n) is 2.06. The molecule has 6 heteroatoms. The summed E-state index contributed by atoms with van der Waals surface area (Å²) in [6.07, 6.45) is 0.906. The fourth-order valence-electron chi connectivity index (χ4n) is 1.18. The summed E-state index contributed by atoms with van der Waals surface area (Å²) in [5.74, 6) is 0.687. The number of nitrogens with zero attached hydrogens (tertiary/aromatic N) is 1. The minimum absolute atomic E-state index is 0.139. The molecule has 1 aromatic heterocycles. The molecule has 0 bridgehead atoms. The first-order valence-corrected chi connectivity index (χ1v) is 6.64. The predicted molar refractivity (Wildman–Crippen MR) is 72.5 cm³/mol. The van der Waals surface area contributed by atoms with Gasteiger partial charge in [-0.05, 0) is 12.3 Å². The average Bonchev–Trinajstić information content (AvgIpc) is 2.65. The Labute approximate surface area is 106 Å². The molecule has 1 rings (SSSR count). The van der Waals surface area contributed by atoms with E-state index >= 15 is 0 Å². The van der Waals surface area contributed by atoms with Crippen LogP contribution < -0.4 is 16.4 Å². The summed E-state index contributed by atoms with van der Waals surface area (Å²) in [5, 5.41) is 6.66. The highest BCUT2D eigenvalue weighted by Gasteiger charge is 2.15. The maximum absolute atomic E-state index is 11.7. The van der Waals surface area contributed by atoms with Crippen molar-refractivity contribution in [3.05, 3.63) is 4.88 Å². The molecule has 0 fully saturated rings. The van der Waals surface area contributed by atoms with Crippen LogP contribution in [0.2, 0.25) is 0 Å². The smallest absolute Gasteiger partial charge is 0.265 e. The minimum atomic E-state index is -0.139. The summed E-state index contributed by atoms with van der Waals surface area (Å²) in [7, 11) is 0. The van der Waals surface area contributed by atoms with Gasteiger partial charge >= 0.3 is 0 Å². The zero-order valence-electron chi connectivity index (χ0n) is 10.5. The molecule has 1 heterocycles. The lowest BCUT2D eigenvalue weighted by atomic mass is 10.2. The standard InChI is InChI=1S/C11H20N4OS/c1-4-5-13-10(16)8-9(12)15-11(17-8)14-6-7(2)3/h7H,4-6,12H2,1-3H3,(H,13,16)(H,14,15). The van der Waals surface area contributed by atoms with Gasteiger partial charge in [-0.2, -0.15) is 0 Å². The molecular weight excluding hydrogens is 236 g/mol. The molecule has 0 aromatic carbocycles. The number of aromatic nitrogens is 1. The fraction of sp³-hybridized carbons (Fsp3) is 0.636. The number of hydrogen-bond donors (Lipinski definition) is 3. The Balaban J connectivity index is 2.64. The first-order valence-electron chi connectivity index (χ1n) is 5.83. The van der Waals surface area contributed by atoms with E-state index in [0.29, 0.717) is 28.3 Å². The van der Waals surface area contributed by atoms with Crippen molar-refractivity contribution in [2.45, 2.75) is 27.2 Å². The molecule has 0 spiro atoms. The molecule has 0 saturated carbocycles. The summed E-state index contributed by atoms with van der Waals surface area (Å²) < 4.78 is 0. The molecule has 1 amide bonds. The number of nitrogens with two attached hydrogens (primary N) is 1. The van der Waals surface area contributed by atoms with Crippen LogP contribution in [-0.4, -0.2) is 24.0 Å². The highest BCUT2D eigenvalue weighted by molar-refractivity contribution is 7.18. The van der Waals surface area contributed by atoms with Gasteiger partial charge in [-0.15, -0.1) is 0 Å². The Morgan fingerprint density at radius 2 is 2.24 bits per heavy atom. The maximum atomic E-state index is 11.7. The average molecular weight is 256 g/mol. The van der Waals surface area contributed by atoms with Gasteiger partial charge in [0, 0.05) is 13.1 Å². The minimum Gasteiger partial charge on any atom is -0.382 e. The molecule has 0 aliphatic heterocycles. The van der Waals surface area contributed by atoms with E-state index in [-0.39, 0.29) is 5.91 Å². The van der Waals surface area contributed by atoms with Gasteiger partial charge in [0.15, 0.2) is 5.13 Å². The van der Waals surface area contributed by atoms with E-state index in [2.05, 4.69) is 29.5 Å². The van der Waals surface area contributed by atoms with Gasteiger partial charge in [-0.1, -0.05) is 32.1 Å². The molecule has 1 aromatic rings. The third-order valence-corrected chi connectivity index (χ3v) is 3.08. The second-order valence-electron chi connectivity index (χ2n) is 4.26. The van der Waals surface area contributed by atoms with Crippen LogP contribution in [0.1, 0.15) is 36.9 Å². The summed E-state index contributed by atoms with van der Waals surface area (Å²) in [4.78, 5) is 16.4. The molecular formula is C11H20N4OS. The number of carbonyl (C=O) groups is 1. The number of rotatable bonds is 6. The molecule has 0 saturated heterocycles. The van der Waals surface area contributed by atoms with Crippen molar-refractivity contribution in [1.82, 2.24) is 10.3 Å². The monoisotopic (exact) mass is 256 g/mol. The number of anilines is 2. The topological polar surface area (TPSA) is 80.0 Å². The number of hydrogen-bond acceptors (Lipinski definition) is 5. The Bertz CT molecular complexity index is 376. The van der Waals surface area contributed by atoms with Crippen LogP contribution in [0.25, 0.3) is 0 Å². The Hall–Kier alpha value is -1.30. The van der Waals surface area contributed by atoms with Crippen molar-refractivity contribution in [3.8, 4) is 0 Å². The normalized spacial score (nSPS) is 10.6. The number of carbonyl (C=O) groups excluding carboxylic acids is 1. The highest BCUT2D eigenvalue weighted by atomic mass is 32.1. The van der Waals surface area contributed by atoms with Gasteiger partial charge in [0.1, 0.15) is 10.7 Å². The van der Waals surface area contributed by atoms with Gasteiger partial charge in [0.25, 0.3) is 5.91 Å². The number of nitrogen functional groups attached to an aromatic ring is 1. The Morgan fingerprint density at radius 3 is 2.82 bits per heavy atom. The van der Waals surface area contributed by atoms with Crippen LogP contribution in [0.3, 0.4) is 0 Å². The third kappa shape index (κ3) is 4.22. The number of amides is 1. The highest BCUT2D eigenvalue weighted by Crippen LogP contribution is 2.24. The van der Waals surface area contributed by atoms with E-state index in [4.69, 9.17) is 5.73 Å². The molecule has 0 aliphatic carbocycles. The zero-order valence-corrected chi connectivity index (χ0v) is 11.4. The first kappa shape index (κ1) is 13.8. The summed E-state index contributed by atoms with van der Waals surface area (Å²) in [6.45, 7) is 7.71. The van der Waals surface area contributed by atoms with E-state index in [1.165, 1.54) is 11.3 Å². The van der Waals surface area contributed by atoms with Crippen LogP contribution in [0.4, 0.5) is 10.9 Å². The molecule has 0 aliphatic rings. The lowest BCUT2D eigenvalue weighted by Crippen LogP contribution is -2.23. The molecule has 96 valence electrons. The Kier molecular flexibility index (Phi) is 5.21. The van der Waals surface area contributed by atoms with Crippen molar-refractivity contribution in [2.24, 2.45) is 5.92 Å². The van der Waals surface area contributed by atoms with Crippen LogP contribution in [-0.2, 0) is 0 Å². The lowest BCUT2D eigenvalue weighted by molar-refractivity contribution is 0.0958. The number of nitrogens with one attached hydrogen (secondary N) is 2. The molecule has 4 N–H and O–H groups in total. The largest absolute Gasteiger partial charge is 0.382 e. The van der Waals surface area contributed by atoms with Crippen molar-refractivity contribution < 1.29 is 4.79 Å². The van der Waals surface area contributed by atoms with Crippen molar-refractivity contribution in [2.75, 3.05) is 24.1 Å². The van der Waals surface area contributed by atoms with Crippen molar-refractivity contribution in [3.63, 3.8) is 0 Å². The molecule has 17 heavy (non-hydrogen) atoms. The Morgan fingerprint density at radius 1 is 1.53 bits per heavy atom. The first-order chi connectivity index (χ1) is 8.04. The van der Waals surface area contributed by atoms with E-state index in [1.807, 2.05) is 6.92 Å². The van der Waals surface area contributed by atoms with Gasteiger partial charge in [-0.25, -0.2) is 4.98 Å². The summed E-state index contributed by atoms with van der Waals surface area (Å²) in [5.41, 5.74) is 5.72. The SMILES string of the molecule is CCCNC(=O)c1sc(NCC(C)C)nc1N. The van der Waals surface area contributed by atoms with Crippen LogP contribution >= 0.6 is 11.3 Å². The molecule has 0 unspecified atom stereocenters. The van der Waals surface area contributed by atoms with Gasteiger partial charge in [0.05, 0.1) is 0 Å². The van der Waals surface area contributed by atoms with E-state index in [9.17, 15) is 4.79 Å². The number of thiazole rings is 1. The summed E-state index contributed by atoms with van der Waals surface area (Å²) in [6, 6.07) is 0. The molecule has 0 radical (unpaired) electrons. The second kappa shape index (κ2) is 6.44. The summed E-state index contributed by atoms with van der Waals surface area (Å²) >= 11 is 1.30. The second-order valence-corrected chi connectivity index (χ2v) is 5.26. The maximum Gasteiger partial charge on any atom is 0.265 e. The van der Waals surface area contributed by atoms with Crippen LogP contribution in [0.5, 0.6) is 0 Å². The fourth-order valence-corrected chi connectivity index (χ4v) is 1.99. The zero-order chi connectivity index (χ0) is 12.8. The van der Waals surface area contributed by atoms with E-state index in [1.54, 1.807) is 0 Å². The lowest BCUT2D eigenvalue weighted by Gasteiger charge is -2.04. The van der Waals surface area contributed by atoms with Crippen LogP contribution in [0.15, 0.2) is 0 Å². The molecule has 0 atom stereocenters. The van der Waals surface area contributed by atoms with Crippen molar-refractivity contribution in [1.29, 1.82) is 0 Å². The predicted octanol–water partition coefficient (Wildman–Crippen LogP) is 1.93. The van der Waals surface area contributed by atoms with E-state index in [0.717, 1.165) is 13.0 Å². The van der Waals surface area contributed by atoms with Gasteiger partial charge in [-0.3, -0.25) is 4.79 Å². The van der Waals surface area contributed by atoms with Crippen LogP contribution in [0, 0.1) is 5.92 Å². The molecule has 5 nitrogen and oxygen atoms in total. The van der Waals surface area contributed by atoms with Crippen molar-refractivity contribution >= 4 is 28.2 Å². The quantitative estimate of drug-likeness (QED) is 0.726. The van der Waals surface area contributed by atoms with Gasteiger partial charge < -0.3 is 16.4 Å².